The molecule has 0 unspecified atom stereocenters. The van der Waals surface area contributed by atoms with Crippen molar-refractivity contribution in [2.45, 2.75) is 19.1 Å². The van der Waals surface area contributed by atoms with Crippen molar-refractivity contribution in [1.82, 2.24) is 10.2 Å². The number of phenols is 1. The molecule has 2 rings (SSSR count). The van der Waals surface area contributed by atoms with Crippen molar-refractivity contribution in [2.24, 2.45) is 0 Å². The van der Waals surface area contributed by atoms with Crippen molar-refractivity contribution in [3.05, 3.63) is 29.3 Å². The van der Waals surface area contributed by atoms with Gasteiger partial charge in [-0.3, -0.25) is 4.90 Å². The zero-order valence-corrected chi connectivity index (χ0v) is 11.9. The van der Waals surface area contributed by atoms with Crippen LogP contribution < -0.4 is 5.32 Å². The Morgan fingerprint density at radius 1 is 1.25 bits per heavy atom. The minimum atomic E-state index is -4.40. The van der Waals surface area contributed by atoms with Gasteiger partial charge in [-0.1, -0.05) is 12.1 Å². The molecule has 0 saturated carbocycles. The van der Waals surface area contributed by atoms with E-state index in [-0.39, 0.29) is 23.7 Å². The fourth-order valence-electron chi connectivity index (χ4n) is 2.41. The van der Waals surface area contributed by atoms with Crippen molar-refractivity contribution in [3.8, 4) is 5.75 Å². The van der Waals surface area contributed by atoms with Crippen molar-refractivity contribution < 1.29 is 18.3 Å². The van der Waals surface area contributed by atoms with Gasteiger partial charge in [0.1, 0.15) is 11.8 Å². The fraction of sp³-hybridized carbons (Fsp3) is 0.538. The Morgan fingerprint density at radius 3 is 2.35 bits per heavy atom. The number of rotatable bonds is 2. The van der Waals surface area contributed by atoms with Crippen LogP contribution in [0, 0.1) is 6.92 Å². The Balaban J connectivity index is 0.00000200. The molecule has 1 aromatic carbocycles. The Morgan fingerprint density at radius 2 is 1.85 bits per heavy atom. The topological polar surface area (TPSA) is 35.5 Å². The normalized spacial score (nSPS) is 18.4. The summed E-state index contributed by atoms with van der Waals surface area (Å²) in [7, 11) is 0. The van der Waals surface area contributed by atoms with Crippen molar-refractivity contribution in [2.75, 3.05) is 26.2 Å². The molecule has 3 nitrogen and oxygen atoms in total. The second kappa shape index (κ2) is 6.65. The summed E-state index contributed by atoms with van der Waals surface area (Å²) >= 11 is 0. The van der Waals surface area contributed by atoms with Crippen LogP contribution in [0.4, 0.5) is 13.2 Å². The third-order valence-corrected chi connectivity index (χ3v) is 3.31. The number of hydrogen-bond acceptors (Lipinski definition) is 3. The molecular formula is C13H18ClF3N2O. The molecule has 0 amide bonds. The van der Waals surface area contributed by atoms with Gasteiger partial charge < -0.3 is 10.4 Å². The molecular weight excluding hydrogens is 293 g/mol. The molecule has 1 atom stereocenters. The number of benzene rings is 1. The molecule has 1 saturated heterocycles. The molecule has 0 radical (unpaired) electrons. The number of hydrogen-bond donors (Lipinski definition) is 2. The van der Waals surface area contributed by atoms with E-state index in [1.54, 1.807) is 13.0 Å². The van der Waals surface area contributed by atoms with Crippen LogP contribution in [0.3, 0.4) is 0 Å². The Kier molecular flexibility index (Phi) is 5.68. The Bertz CT molecular complexity index is 448. The second-order valence-electron chi connectivity index (χ2n) is 4.79. The SMILES string of the molecule is Cc1ccc([C@H](N2CCNCC2)C(F)(F)F)c(O)c1.Cl. The first-order chi connectivity index (χ1) is 8.89. The molecule has 0 bridgehead atoms. The summed E-state index contributed by atoms with van der Waals surface area (Å²) in [6.45, 7) is 3.42. The lowest BCUT2D eigenvalue weighted by Crippen LogP contribution is -2.49. The first-order valence-corrected chi connectivity index (χ1v) is 6.20. The van der Waals surface area contributed by atoms with Crippen molar-refractivity contribution in [3.63, 3.8) is 0 Å². The molecule has 0 spiro atoms. The van der Waals surface area contributed by atoms with Gasteiger partial charge in [0.25, 0.3) is 0 Å². The summed E-state index contributed by atoms with van der Waals surface area (Å²) in [6.07, 6.45) is -4.40. The van der Waals surface area contributed by atoms with E-state index in [1.165, 1.54) is 17.0 Å². The van der Waals surface area contributed by atoms with Crippen LogP contribution in [0.15, 0.2) is 18.2 Å². The summed E-state index contributed by atoms with van der Waals surface area (Å²) in [5.74, 6) is -0.291. The maximum Gasteiger partial charge on any atom is 0.408 e. The van der Waals surface area contributed by atoms with Crippen LogP contribution in [-0.2, 0) is 0 Å². The highest BCUT2D eigenvalue weighted by atomic mass is 35.5. The lowest BCUT2D eigenvalue weighted by molar-refractivity contribution is -0.188. The van der Waals surface area contributed by atoms with E-state index in [0.29, 0.717) is 26.2 Å². The summed E-state index contributed by atoms with van der Waals surface area (Å²) in [4.78, 5) is 1.36. The first kappa shape index (κ1) is 17.1. The van der Waals surface area contributed by atoms with Gasteiger partial charge in [-0.05, 0) is 18.6 Å². The predicted octanol–water partition coefficient (Wildman–Crippen LogP) is 2.63. The molecule has 1 heterocycles. The first-order valence-electron chi connectivity index (χ1n) is 6.20. The second-order valence-corrected chi connectivity index (χ2v) is 4.79. The molecule has 2 N–H and O–H groups in total. The molecule has 7 heteroatoms. The van der Waals surface area contributed by atoms with Gasteiger partial charge in [-0.15, -0.1) is 12.4 Å². The zero-order valence-electron chi connectivity index (χ0n) is 11.1. The number of piperazine rings is 1. The quantitative estimate of drug-likeness (QED) is 0.881. The molecule has 0 aromatic heterocycles. The van der Waals surface area contributed by atoms with E-state index in [4.69, 9.17) is 0 Å². The number of halogens is 4. The molecule has 1 aliphatic rings. The van der Waals surface area contributed by atoms with Crippen LogP contribution >= 0.6 is 12.4 Å². The molecule has 114 valence electrons. The summed E-state index contributed by atoms with van der Waals surface area (Å²) in [5, 5.41) is 12.8. The highest BCUT2D eigenvalue weighted by Crippen LogP contribution is 2.41. The van der Waals surface area contributed by atoms with E-state index in [2.05, 4.69) is 5.32 Å². The van der Waals surface area contributed by atoms with Gasteiger partial charge in [0.2, 0.25) is 0 Å². The van der Waals surface area contributed by atoms with Crippen LogP contribution in [0.2, 0.25) is 0 Å². The minimum absolute atomic E-state index is 0. The van der Waals surface area contributed by atoms with E-state index in [0.717, 1.165) is 5.56 Å². The lowest BCUT2D eigenvalue weighted by atomic mass is 10.0. The third-order valence-electron chi connectivity index (χ3n) is 3.31. The molecule has 1 aliphatic heterocycles. The van der Waals surface area contributed by atoms with Crippen LogP contribution in [-0.4, -0.2) is 42.4 Å². The molecule has 1 fully saturated rings. The molecule has 20 heavy (non-hydrogen) atoms. The van der Waals surface area contributed by atoms with Gasteiger partial charge >= 0.3 is 6.18 Å². The van der Waals surface area contributed by atoms with Gasteiger partial charge in [0, 0.05) is 31.7 Å². The zero-order chi connectivity index (χ0) is 14.0. The van der Waals surface area contributed by atoms with Crippen molar-refractivity contribution in [1.29, 1.82) is 0 Å². The van der Waals surface area contributed by atoms with E-state index in [9.17, 15) is 18.3 Å². The number of aromatic hydroxyl groups is 1. The standard InChI is InChI=1S/C13H17F3N2O.ClH/c1-9-2-3-10(11(19)8-9)12(13(14,15)16)18-6-4-17-5-7-18;/h2-3,8,12,17,19H,4-7H2,1H3;1H/t12-;/m0./s1. The van der Waals surface area contributed by atoms with Gasteiger partial charge in [-0.25, -0.2) is 0 Å². The average molecular weight is 311 g/mol. The maximum atomic E-state index is 13.3. The largest absolute Gasteiger partial charge is 0.508 e. The number of nitrogens with zero attached hydrogens (tertiary/aromatic N) is 1. The van der Waals surface area contributed by atoms with Crippen LogP contribution in [0.5, 0.6) is 5.75 Å². The number of phenolic OH excluding ortho intramolecular Hbond substituents is 1. The third kappa shape index (κ3) is 3.77. The lowest BCUT2D eigenvalue weighted by Gasteiger charge is -2.36. The molecule has 0 aliphatic carbocycles. The highest BCUT2D eigenvalue weighted by molar-refractivity contribution is 5.85. The summed E-state index contributed by atoms with van der Waals surface area (Å²) in [5.41, 5.74) is 0.669. The van der Waals surface area contributed by atoms with Gasteiger partial charge in [-0.2, -0.15) is 13.2 Å². The Labute approximate surface area is 122 Å². The monoisotopic (exact) mass is 310 g/mol. The molecule has 1 aromatic rings. The van der Waals surface area contributed by atoms with Gasteiger partial charge in [0.15, 0.2) is 0 Å². The highest BCUT2D eigenvalue weighted by Gasteiger charge is 2.46. The number of alkyl halides is 3. The van der Waals surface area contributed by atoms with E-state index in [1.807, 2.05) is 0 Å². The van der Waals surface area contributed by atoms with Crippen molar-refractivity contribution >= 4 is 12.4 Å². The Hall–Kier alpha value is -0.980. The van der Waals surface area contributed by atoms with Gasteiger partial charge in [0.05, 0.1) is 0 Å². The van der Waals surface area contributed by atoms with Crippen LogP contribution in [0.1, 0.15) is 17.2 Å². The average Bonchev–Trinajstić information content (AvgIpc) is 2.32. The minimum Gasteiger partial charge on any atom is -0.508 e. The smallest absolute Gasteiger partial charge is 0.408 e. The summed E-state index contributed by atoms with van der Waals surface area (Å²) < 4.78 is 39.9. The van der Waals surface area contributed by atoms with E-state index < -0.39 is 12.2 Å². The van der Waals surface area contributed by atoms with E-state index >= 15 is 0 Å². The maximum absolute atomic E-state index is 13.3. The van der Waals surface area contributed by atoms with Crippen LogP contribution in [0.25, 0.3) is 0 Å². The predicted molar refractivity (Wildman–Crippen MR) is 73.3 cm³/mol. The summed E-state index contributed by atoms with van der Waals surface area (Å²) in [6, 6.07) is 2.59. The fourth-order valence-corrected chi connectivity index (χ4v) is 2.41. The number of aryl methyl sites for hydroxylation is 1. The number of nitrogens with one attached hydrogen (secondary N) is 1.